The number of nitrogens with one attached hydrogen (secondary N) is 1. The normalized spacial score (nSPS) is 12.2. The lowest BCUT2D eigenvalue weighted by Gasteiger charge is -2.17. The van der Waals surface area contributed by atoms with E-state index in [4.69, 9.17) is 16.7 Å². The number of rotatable bonds is 7. The van der Waals surface area contributed by atoms with Gasteiger partial charge in [-0.2, -0.15) is 0 Å². The molecule has 18 heavy (non-hydrogen) atoms. The Morgan fingerprint density at radius 1 is 1.44 bits per heavy atom. The van der Waals surface area contributed by atoms with Crippen LogP contribution >= 0.6 is 11.6 Å². The van der Waals surface area contributed by atoms with Gasteiger partial charge in [-0.05, 0) is 31.5 Å². The maximum atomic E-state index is 11.1. The topological polar surface area (TPSA) is 49.3 Å². The second-order valence-corrected chi connectivity index (χ2v) is 4.97. The number of hydrogen-bond acceptors (Lipinski definition) is 2. The van der Waals surface area contributed by atoms with Crippen molar-refractivity contribution in [3.8, 4) is 0 Å². The van der Waals surface area contributed by atoms with Crippen LogP contribution in [-0.4, -0.2) is 17.1 Å². The van der Waals surface area contributed by atoms with E-state index >= 15 is 0 Å². The Kier molecular flexibility index (Phi) is 5.99. The lowest BCUT2D eigenvalue weighted by molar-refractivity contribution is 0.0698. The lowest BCUT2D eigenvalue weighted by Crippen LogP contribution is -2.17. The van der Waals surface area contributed by atoms with Gasteiger partial charge in [-0.25, -0.2) is 4.79 Å². The Hall–Kier alpha value is -1.22. The van der Waals surface area contributed by atoms with Gasteiger partial charge in [0.15, 0.2) is 0 Å². The van der Waals surface area contributed by atoms with E-state index < -0.39 is 5.97 Å². The van der Waals surface area contributed by atoms with Crippen molar-refractivity contribution in [1.82, 2.24) is 0 Å². The van der Waals surface area contributed by atoms with E-state index in [-0.39, 0.29) is 11.6 Å². The van der Waals surface area contributed by atoms with Crippen molar-refractivity contribution in [2.45, 2.75) is 45.6 Å². The maximum absolute atomic E-state index is 11.1. The van der Waals surface area contributed by atoms with Crippen molar-refractivity contribution in [1.29, 1.82) is 0 Å². The Morgan fingerprint density at radius 2 is 2.17 bits per heavy atom. The van der Waals surface area contributed by atoms with E-state index in [1.807, 2.05) is 0 Å². The minimum Gasteiger partial charge on any atom is -0.478 e. The van der Waals surface area contributed by atoms with Crippen LogP contribution in [0.2, 0.25) is 5.02 Å². The summed E-state index contributed by atoms with van der Waals surface area (Å²) in [7, 11) is 0. The van der Waals surface area contributed by atoms with Gasteiger partial charge in [0.2, 0.25) is 0 Å². The molecule has 0 saturated carbocycles. The summed E-state index contributed by atoms with van der Waals surface area (Å²) < 4.78 is 0. The molecule has 1 aromatic carbocycles. The van der Waals surface area contributed by atoms with Crippen LogP contribution in [0.25, 0.3) is 0 Å². The number of halogens is 1. The number of carboxylic acids is 1. The molecule has 3 nitrogen and oxygen atoms in total. The first kappa shape index (κ1) is 14.8. The summed E-state index contributed by atoms with van der Waals surface area (Å²) in [4.78, 5) is 11.1. The third-order valence-corrected chi connectivity index (χ3v) is 3.09. The predicted molar refractivity (Wildman–Crippen MR) is 75.6 cm³/mol. The molecular weight excluding hydrogens is 250 g/mol. The quantitative estimate of drug-likeness (QED) is 0.721. The van der Waals surface area contributed by atoms with Crippen LogP contribution in [0.3, 0.4) is 0 Å². The molecule has 0 fully saturated rings. The molecule has 1 rings (SSSR count). The molecule has 0 radical (unpaired) electrons. The number of anilines is 1. The third kappa shape index (κ3) is 4.57. The summed E-state index contributed by atoms with van der Waals surface area (Å²) in [5, 5.41) is 12.8. The molecule has 1 unspecified atom stereocenters. The van der Waals surface area contributed by atoms with Gasteiger partial charge in [0.05, 0.1) is 5.56 Å². The second kappa shape index (κ2) is 7.27. The Morgan fingerprint density at radius 3 is 2.78 bits per heavy atom. The van der Waals surface area contributed by atoms with Crippen molar-refractivity contribution in [3.63, 3.8) is 0 Å². The largest absolute Gasteiger partial charge is 0.478 e. The Balaban J connectivity index is 2.68. The molecule has 0 aliphatic carbocycles. The second-order valence-electron chi connectivity index (χ2n) is 4.54. The van der Waals surface area contributed by atoms with Crippen LogP contribution in [0.4, 0.5) is 5.69 Å². The molecule has 0 aliphatic heterocycles. The van der Waals surface area contributed by atoms with Gasteiger partial charge in [0, 0.05) is 16.8 Å². The average Bonchev–Trinajstić information content (AvgIpc) is 2.31. The fourth-order valence-electron chi connectivity index (χ4n) is 1.86. The molecular formula is C14H20ClNO2. The molecule has 0 aromatic heterocycles. The zero-order valence-electron chi connectivity index (χ0n) is 10.9. The van der Waals surface area contributed by atoms with Crippen LogP contribution < -0.4 is 5.32 Å². The zero-order chi connectivity index (χ0) is 13.5. The molecule has 0 spiro atoms. The van der Waals surface area contributed by atoms with Crippen LogP contribution in [0.1, 0.15) is 49.9 Å². The molecule has 2 N–H and O–H groups in total. The number of unbranched alkanes of at least 4 members (excludes halogenated alkanes) is 2. The highest BCUT2D eigenvalue weighted by Gasteiger charge is 2.12. The molecule has 0 amide bonds. The maximum Gasteiger partial charge on any atom is 0.337 e. The van der Waals surface area contributed by atoms with E-state index in [0.717, 1.165) is 12.8 Å². The average molecular weight is 270 g/mol. The molecule has 1 aromatic rings. The minimum atomic E-state index is -0.958. The van der Waals surface area contributed by atoms with Crippen molar-refractivity contribution in [3.05, 3.63) is 28.8 Å². The van der Waals surface area contributed by atoms with Gasteiger partial charge < -0.3 is 10.4 Å². The molecule has 0 aliphatic rings. The van der Waals surface area contributed by atoms with Crippen molar-refractivity contribution in [2.24, 2.45) is 0 Å². The monoisotopic (exact) mass is 269 g/mol. The van der Waals surface area contributed by atoms with Gasteiger partial charge in [-0.15, -0.1) is 0 Å². The van der Waals surface area contributed by atoms with E-state index in [9.17, 15) is 4.79 Å². The van der Waals surface area contributed by atoms with E-state index in [1.165, 1.54) is 18.9 Å². The highest BCUT2D eigenvalue weighted by atomic mass is 35.5. The van der Waals surface area contributed by atoms with E-state index in [2.05, 4.69) is 19.2 Å². The first-order valence-corrected chi connectivity index (χ1v) is 6.71. The van der Waals surface area contributed by atoms with Crippen LogP contribution in [0, 0.1) is 0 Å². The highest BCUT2D eigenvalue weighted by molar-refractivity contribution is 6.31. The lowest BCUT2D eigenvalue weighted by atomic mass is 10.1. The van der Waals surface area contributed by atoms with E-state index in [1.54, 1.807) is 12.1 Å². The number of benzene rings is 1. The summed E-state index contributed by atoms with van der Waals surface area (Å²) in [5.74, 6) is -0.958. The summed E-state index contributed by atoms with van der Waals surface area (Å²) >= 11 is 5.81. The van der Waals surface area contributed by atoms with Gasteiger partial charge in [-0.1, -0.05) is 37.8 Å². The Bertz CT molecular complexity index is 407. The fourth-order valence-corrected chi connectivity index (χ4v) is 2.03. The van der Waals surface area contributed by atoms with Gasteiger partial charge in [-0.3, -0.25) is 0 Å². The number of carbonyl (C=O) groups is 1. The van der Waals surface area contributed by atoms with Gasteiger partial charge in [0.25, 0.3) is 0 Å². The predicted octanol–water partition coefficient (Wildman–Crippen LogP) is 4.42. The number of aromatic carboxylic acids is 1. The van der Waals surface area contributed by atoms with Crippen molar-refractivity contribution < 1.29 is 9.90 Å². The molecule has 1 atom stereocenters. The van der Waals surface area contributed by atoms with Crippen molar-refractivity contribution >= 4 is 23.3 Å². The molecule has 0 bridgehead atoms. The summed E-state index contributed by atoms with van der Waals surface area (Å²) in [6.45, 7) is 4.23. The molecule has 0 heterocycles. The summed E-state index contributed by atoms with van der Waals surface area (Å²) in [5.41, 5.74) is 0.862. The highest BCUT2D eigenvalue weighted by Crippen LogP contribution is 2.22. The van der Waals surface area contributed by atoms with Gasteiger partial charge >= 0.3 is 5.97 Å². The minimum absolute atomic E-state index is 0.227. The Labute approximate surface area is 113 Å². The molecule has 0 saturated heterocycles. The summed E-state index contributed by atoms with van der Waals surface area (Å²) in [6, 6.07) is 5.16. The van der Waals surface area contributed by atoms with Crippen LogP contribution in [-0.2, 0) is 0 Å². The SMILES string of the molecule is CCCCCC(C)Nc1ccc(Cl)cc1C(=O)O. The first-order chi connectivity index (χ1) is 8.54. The van der Waals surface area contributed by atoms with Crippen LogP contribution in [0.5, 0.6) is 0 Å². The van der Waals surface area contributed by atoms with Gasteiger partial charge in [0.1, 0.15) is 0 Å². The third-order valence-electron chi connectivity index (χ3n) is 2.85. The molecule has 100 valence electrons. The first-order valence-electron chi connectivity index (χ1n) is 6.34. The smallest absolute Gasteiger partial charge is 0.337 e. The fraction of sp³-hybridized carbons (Fsp3) is 0.500. The van der Waals surface area contributed by atoms with Crippen molar-refractivity contribution in [2.75, 3.05) is 5.32 Å². The van der Waals surface area contributed by atoms with Crippen LogP contribution in [0.15, 0.2) is 18.2 Å². The molecule has 4 heteroatoms. The summed E-state index contributed by atoms with van der Waals surface area (Å²) in [6.07, 6.45) is 4.59. The van der Waals surface area contributed by atoms with E-state index in [0.29, 0.717) is 10.7 Å². The standard InChI is InChI=1S/C14H20ClNO2/c1-3-4-5-6-10(2)16-13-8-7-11(15)9-12(13)14(17)18/h7-10,16H,3-6H2,1-2H3,(H,17,18). The number of hydrogen-bond donors (Lipinski definition) is 2. The zero-order valence-corrected chi connectivity index (χ0v) is 11.6. The number of carboxylic acid groups (broad SMARTS) is 1.